The van der Waals surface area contributed by atoms with Gasteiger partial charge in [0.25, 0.3) is 0 Å². The summed E-state index contributed by atoms with van der Waals surface area (Å²) in [4.78, 5) is 0. The van der Waals surface area contributed by atoms with Crippen LogP contribution in [0, 0.1) is 12.0 Å². The second-order valence-corrected chi connectivity index (χ2v) is 15.4. The zero-order valence-corrected chi connectivity index (χ0v) is 23.8. The molecule has 0 nitrogen and oxygen atoms in total. The molecule has 1 atom stereocenters. The number of hydrogen-bond acceptors (Lipinski definition) is 0. The minimum Gasteiger partial charge on any atom is -0.150 e. The zero-order chi connectivity index (χ0) is 20.8. The SMILES string of the molecule is CC1=[C-]C(C)C(C)=C1C.[Cl-].[Cl-].[Zr+2]=[Si]1CCC1.c1ccc(-c2c[cH-]c3ccccc23)cc1. The summed E-state index contributed by atoms with van der Waals surface area (Å²) in [5, 5.41) is 2.65. The Hall–Kier alpha value is -0.790. The normalized spacial score (nSPS) is 16.6. The van der Waals surface area contributed by atoms with Gasteiger partial charge in [-0.1, -0.05) is 68.7 Å². The third-order valence-electron chi connectivity index (χ3n) is 5.96. The molecular weight excluding hydrogens is 515 g/mol. The van der Waals surface area contributed by atoms with Crippen molar-refractivity contribution in [2.45, 2.75) is 46.2 Å². The topological polar surface area (TPSA) is 0 Å². The van der Waals surface area contributed by atoms with Gasteiger partial charge >= 0.3 is 47.3 Å². The van der Waals surface area contributed by atoms with Gasteiger partial charge in [-0.25, -0.2) is 5.57 Å². The van der Waals surface area contributed by atoms with E-state index in [0.29, 0.717) is 11.4 Å². The van der Waals surface area contributed by atoms with Gasteiger partial charge in [0, 0.05) is 0 Å². The van der Waals surface area contributed by atoms with Crippen molar-refractivity contribution in [3.63, 3.8) is 0 Å². The maximum absolute atomic E-state index is 3.36. The predicted octanol–water partition coefficient (Wildman–Crippen LogP) is 1.88. The van der Waals surface area contributed by atoms with E-state index in [0.717, 1.165) is 0 Å². The number of hydrogen-bond donors (Lipinski definition) is 0. The van der Waals surface area contributed by atoms with E-state index < -0.39 is 0 Å². The first kappa shape index (κ1) is 28.2. The van der Waals surface area contributed by atoms with E-state index in [-0.39, 0.29) is 24.8 Å². The molecule has 0 spiro atoms. The van der Waals surface area contributed by atoms with Crippen LogP contribution < -0.4 is 24.8 Å². The van der Waals surface area contributed by atoms with Gasteiger partial charge in [0.1, 0.15) is 0 Å². The molecule has 0 amide bonds. The van der Waals surface area contributed by atoms with Gasteiger partial charge in [0.05, 0.1) is 0 Å². The molecule has 1 saturated heterocycles. The fourth-order valence-corrected chi connectivity index (χ4v) is 6.85. The van der Waals surface area contributed by atoms with Crippen LogP contribution in [0.15, 0.2) is 83.4 Å². The number of benzene rings is 2. The largest absolute Gasteiger partial charge is 0.150 e. The predicted molar refractivity (Wildman–Crippen MR) is 125 cm³/mol. The molecule has 1 unspecified atom stereocenters. The van der Waals surface area contributed by atoms with Crippen LogP contribution in [0.4, 0.5) is 0 Å². The van der Waals surface area contributed by atoms with Crippen molar-refractivity contribution in [3.8, 4) is 11.1 Å². The van der Waals surface area contributed by atoms with E-state index in [4.69, 9.17) is 0 Å². The maximum Gasteiger partial charge on any atom is -0.0623 e. The fraction of sp³-hybridized carbons (Fsp3) is 0.296. The second kappa shape index (κ2) is 13.7. The quantitative estimate of drug-likeness (QED) is 0.324. The monoisotopic (exact) mass is 542 g/mol. The van der Waals surface area contributed by atoms with Crippen LogP contribution in [0.25, 0.3) is 21.9 Å². The first-order valence-corrected chi connectivity index (χ1v) is 16.1. The summed E-state index contributed by atoms with van der Waals surface area (Å²) >= 11 is 1.86. The standard InChI is InChI=1S/C15H11.C9H13.C3H6Si.2ClH.Zr/c1-2-6-12(7-3-1)15-11-10-13-8-4-5-9-14(13)15;1-6-5-7(2)9(4)8(6)3;1-2-4-3-1;;;/h1-11H;6H,1-4H3;1-3H2;2*1H;/q2*-1;;;;+2/p-2. The van der Waals surface area contributed by atoms with Gasteiger partial charge in [0.15, 0.2) is 0 Å². The van der Waals surface area contributed by atoms with Gasteiger partial charge in [0.2, 0.25) is 0 Å². The van der Waals surface area contributed by atoms with Crippen LogP contribution in [-0.2, 0) is 23.3 Å². The van der Waals surface area contributed by atoms with Crippen LogP contribution in [-0.4, -0.2) is 5.43 Å². The minimum absolute atomic E-state index is 0. The van der Waals surface area contributed by atoms with E-state index >= 15 is 0 Å². The molecule has 1 fully saturated rings. The van der Waals surface area contributed by atoms with E-state index in [1.807, 2.05) is 23.3 Å². The smallest absolute Gasteiger partial charge is 0.0623 e. The fourth-order valence-electron chi connectivity index (χ4n) is 3.54. The van der Waals surface area contributed by atoms with E-state index in [9.17, 15) is 0 Å². The summed E-state index contributed by atoms with van der Waals surface area (Å²) < 4.78 is 0. The van der Waals surface area contributed by atoms with Crippen molar-refractivity contribution >= 4 is 16.2 Å². The molecule has 0 saturated carbocycles. The van der Waals surface area contributed by atoms with Crippen molar-refractivity contribution in [1.82, 2.24) is 0 Å². The van der Waals surface area contributed by atoms with Crippen molar-refractivity contribution in [2.24, 2.45) is 5.92 Å². The Kier molecular flexibility index (Phi) is 12.5. The first-order chi connectivity index (χ1) is 14.0. The Morgan fingerprint density at radius 2 is 1.52 bits per heavy atom. The number of fused-ring (bicyclic) bond motifs is 1. The number of rotatable bonds is 1. The average molecular weight is 545 g/mol. The summed E-state index contributed by atoms with van der Waals surface area (Å²) in [6, 6.07) is 26.7. The minimum atomic E-state index is 0. The van der Waals surface area contributed by atoms with Crippen molar-refractivity contribution in [2.75, 3.05) is 0 Å². The zero-order valence-electron chi connectivity index (χ0n) is 18.8. The molecular formula is C27H30Cl2SiZr-2. The van der Waals surface area contributed by atoms with Gasteiger partial charge < -0.3 is 24.8 Å². The van der Waals surface area contributed by atoms with Crippen LogP contribution in [0.2, 0.25) is 12.1 Å². The van der Waals surface area contributed by atoms with E-state index in [1.165, 1.54) is 38.6 Å². The van der Waals surface area contributed by atoms with Crippen molar-refractivity contribution in [1.29, 1.82) is 0 Å². The molecule has 3 aromatic carbocycles. The summed E-state index contributed by atoms with van der Waals surface area (Å²) in [6.45, 7) is 8.67. The molecule has 5 rings (SSSR count). The van der Waals surface area contributed by atoms with Crippen LogP contribution in [0.3, 0.4) is 0 Å². The Bertz CT molecular complexity index is 1040. The third kappa shape index (κ3) is 7.64. The Labute approximate surface area is 215 Å². The summed E-state index contributed by atoms with van der Waals surface area (Å²) in [6.07, 6.45) is 4.91. The van der Waals surface area contributed by atoms with Gasteiger partial charge in [-0.05, 0) is 0 Å². The molecule has 1 aliphatic carbocycles. The molecule has 0 radical (unpaired) electrons. The molecule has 0 N–H and O–H groups in total. The van der Waals surface area contributed by atoms with Crippen LogP contribution >= 0.6 is 0 Å². The molecule has 1 aliphatic heterocycles. The van der Waals surface area contributed by atoms with Gasteiger partial charge in [-0.3, -0.25) is 6.08 Å². The molecule has 31 heavy (non-hydrogen) atoms. The molecule has 162 valence electrons. The van der Waals surface area contributed by atoms with Crippen LogP contribution in [0.1, 0.15) is 34.1 Å². The second-order valence-electron chi connectivity index (χ2n) is 7.96. The molecule has 3 aromatic rings. The van der Waals surface area contributed by atoms with E-state index in [2.05, 4.69) is 101 Å². The summed E-state index contributed by atoms with van der Waals surface area (Å²) in [5.41, 5.74) is 7.26. The number of halogens is 2. The van der Waals surface area contributed by atoms with Gasteiger partial charge in [-0.15, -0.1) is 53.6 Å². The summed E-state index contributed by atoms with van der Waals surface area (Å²) in [5.74, 6) is 0.560. The van der Waals surface area contributed by atoms with Crippen molar-refractivity contribution < 1.29 is 48.1 Å². The average Bonchev–Trinajstić information content (AvgIpc) is 3.25. The Balaban J connectivity index is 0.000000258. The molecule has 4 heteroatoms. The third-order valence-corrected chi connectivity index (χ3v) is 11.6. The van der Waals surface area contributed by atoms with E-state index in [1.54, 1.807) is 18.5 Å². The Morgan fingerprint density at radius 1 is 0.935 bits per heavy atom. The Morgan fingerprint density at radius 3 is 1.97 bits per heavy atom. The van der Waals surface area contributed by atoms with Crippen LogP contribution in [0.5, 0.6) is 0 Å². The molecule has 0 bridgehead atoms. The molecule has 0 aromatic heterocycles. The molecule has 2 aliphatic rings. The van der Waals surface area contributed by atoms with Gasteiger partial charge in [-0.2, -0.15) is 11.1 Å². The number of allylic oxidation sites excluding steroid dienone is 4. The molecule has 1 heterocycles. The summed E-state index contributed by atoms with van der Waals surface area (Å²) in [7, 11) is 0. The van der Waals surface area contributed by atoms with Crippen molar-refractivity contribution in [3.05, 3.63) is 89.5 Å². The maximum atomic E-state index is 3.36. The first-order valence-electron chi connectivity index (χ1n) is 10.5.